The van der Waals surface area contributed by atoms with Crippen molar-refractivity contribution < 1.29 is 19.8 Å². The predicted molar refractivity (Wildman–Crippen MR) is 102 cm³/mol. The van der Waals surface area contributed by atoms with Gasteiger partial charge in [-0.3, -0.25) is 4.79 Å². The molecule has 0 saturated heterocycles. The largest absolute Gasteiger partial charge is 0.507 e. The summed E-state index contributed by atoms with van der Waals surface area (Å²) in [5, 5.41) is 24.6. The number of hydrogen-bond donors (Lipinski definition) is 2. The van der Waals surface area contributed by atoms with Crippen LogP contribution in [0, 0.1) is 6.92 Å². The van der Waals surface area contributed by atoms with Crippen molar-refractivity contribution in [3.05, 3.63) is 83.2 Å². The summed E-state index contributed by atoms with van der Waals surface area (Å²) >= 11 is 0. The number of hydrogen-bond acceptors (Lipinski definition) is 5. The van der Waals surface area contributed by atoms with E-state index in [1.54, 1.807) is 25.3 Å². The maximum absolute atomic E-state index is 13.0. The van der Waals surface area contributed by atoms with E-state index in [9.17, 15) is 19.8 Å². The van der Waals surface area contributed by atoms with E-state index < -0.39 is 11.8 Å². The number of carboxylic acids is 1. The summed E-state index contributed by atoms with van der Waals surface area (Å²) in [7, 11) is 0. The van der Waals surface area contributed by atoms with Gasteiger partial charge in [0.05, 0.1) is 23.0 Å². The van der Waals surface area contributed by atoms with Crippen LogP contribution in [0.15, 0.2) is 60.8 Å². The number of ketones is 1. The molecule has 4 rings (SSSR count). The lowest BCUT2D eigenvalue weighted by Gasteiger charge is -2.11. The molecule has 0 fully saturated rings. The third-order valence-electron chi connectivity index (χ3n) is 4.56. The number of carboxylic acid groups (broad SMARTS) is 1. The van der Waals surface area contributed by atoms with E-state index in [0.29, 0.717) is 16.6 Å². The van der Waals surface area contributed by atoms with Crippen LogP contribution in [0.5, 0.6) is 5.75 Å². The van der Waals surface area contributed by atoms with E-state index in [1.807, 2.05) is 30.3 Å². The van der Waals surface area contributed by atoms with E-state index in [2.05, 4.69) is 10.1 Å². The zero-order chi connectivity index (χ0) is 19.8. The van der Waals surface area contributed by atoms with Crippen LogP contribution in [0.25, 0.3) is 16.7 Å². The second-order valence-corrected chi connectivity index (χ2v) is 6.24. The fraction of sp³-hybridized carbons (Fsp3) is 0.0476. The molecule has 0 aliphatic rings. The fourth-order valence-corrected chi connectivity index (χ4v) is 3.18. The molecule has 2 N–H and O–H groups in total. The topological polar surface area (TPSA) is 105 Å². The number of carbonyl (C=O) groups is 2. The highest BCUT2D eigenvalue weighted by molar-refractivity contribution is 6.17. The number of benzene rings is 2. The molecule has 0 aliphatic heterocycles. The molecular formula is C21H15N3O4. The minimum absolute atomic E-state index is 0.0182. The number of aromatic hydroxyl groups is 1. The van der Waals surface area contributed by atoms with Gasteiger partial charge in [-0.15, -0.1) is 0 Å². The van der Waals surface area contributed by atoms with Crippen LogP contribution in [0.1, 0.15) is 32.0 Å². The number of aromatic nitrogens is 3. The third-order valence-corrected chi connectivity index (χ3v) is 4.56. The van der Waals surface area contributed by atoms with Crippen molar-refractivity contribution in [2.75, 3.05) is 0 Å². The smallest absolute Gasteiger partial charge is 0.355 e. The predicted octanol–water partition coefficient (Wildman–Crippen LogP) is 3.36. The Morgan fingerprint density at radius 2 is 1.68 bits per heavy atom. The minimum Gasteiger partial charge on any atom is -0.507 e. The molecule has 138 valence electrons. The first-order valence-corrected chi connectivity index (χ1v) is 8.48. The van der Waals surface area contributed by atoms with Crippen molar-refractivity contribution in [2.45, 2.75) is 6.92 Å². The number of fused-ring (bicyclic) bond motifs is 1. The van der Waals surface area contributed by atoms with Crippen LogP contribution >= 0.6 is 0 Å². The second kappa shape index (κ2) is 6.62. The first kappa shape index (κ1) is 17.4. The van der Waals surface area contributed by atoms with Crippen molar-refractivity contribution in [1.82, 2.24) is 14.8 Å². The van der Waals surface area contributed by atoms with Crippen LogP contribution in [-0.4, -0.2) is 36.7 Å². The molecule has 0 spiro atoms. The van der Waals surface area contributed by atoms with Crippen LogP contribution in [0.2, 0.25) is 0 Å². The van der Waals surface area contributed by atoms with Gasteiger partial charge in [-0.2, -0.15) is 5.10 Å². The molecule has 28 heavy (non-hydrogen) atoms. The van der Waals surface area contributed by atoms with Gasteiger partial charge in [-0.1, -0.05) is 30.3 Å². The Labute approximate surface area is 159 Å². The number of nitrogens with zero attached hydrogens (tertiary/aromatic N) is 3. The van der Waals surface area contributed by atoms with E-state index in [0.717, 1.165) is 5.69 Å². The normalized spacial score (nSPS) is 10.9. The third kappa shape index (κ3) is 2.69. The van der Waals surface area contributed by atoms with Gasteiger partial charge in [0, 0.05) is 5.39 Å². The van der Waals surface area contributed by atoms with Gasteiger partial charge >= 0.3 is 5.97 Å². The molecule has 2 aromatic heterocycles. The van der Waals surface area contributed by atoms with Crippen LogP contribution in [0.4, 0.5) is 0 Å². The molecule has 0 radical (unpaired) electrons. The highest BCUT2D eigenvalue weighted by Gasteiger charge is 2.27. The number of para-hydroxylation sites is 2. The van der Waals surface area contributed by atoms with E-state index in [1.165, 1.54) is 16.8 Å². The first-order chi connectivity index (χ1) is 13.5. The summed E-state index contributed by atoms with van der Waals surface area (Å²) in [5.41, 5.74) is 1.09. The molecule has 0 atom stereocenters. The molecule has 7 heteroatoms. The minimum atomic E-state index is -1.33. The molecule has 7 nitrogen and oxygen atoms in total. The molecule has 4 aromatic rings. The zero-order valence-electron chi connectivity index (χ0n) is 14.8. The quantitative estimate of drug-likeness (QED) is 0.532. The lowest BCUT2D eigenvalue weighted by atomic mass is 9.95. The van der Waals surface area contributed by atoms with Crippen molar-refractivity contribution in [3.8, 4) is 11.4 Å². The van der Waals surface area contributed by atoms with Crippen LogP contribution in [0.3, 0.4) is 0 Å². The van der Waals surface area contributed by atoms with Crippen molar-refractivity contribution in [2.24, 2.45) is 0 Å². The lowest BCUT2D eigenvalue weighted by molar-refractivity contribution is 0.0686. The molecule has 0 unspecified atom stereocenters. The van der Waals surface area contributed by atoms with Gasteiger partial charge in [0.15, 0.2) is 17.1 Å². The summed E-state index contributed by atoms with van der Waals surface area (Å²) in [6.07, 6.45) is 1.55. The maximum Gasteiger partial charge on any atom is 0.355 e. The van der Waals surface area contributed by atoms with Crippen LogP contribution < -0.4 is 0 Å². The van der Waals surface area contributed by atoms with Crippen molar-refractivity contribution in [3.63, 3.8) is 0 Å². The average Bonchev–Trinajstić information content (AvgIpc) is 3.13. The van der Waals surface area contributed by atoms with E-state index in [4.69, 9.17) is 0 Å². The maximum atomic E-state index is 13.0. The standard InChI is InChI=1S/C21H15N3O4/c1-12-15-11-22-24(13-7-3-2-4-8-13)20(15)23-18(21(27)28)17(12)19(26)14-9-5-6-10-16(14)25/h2-11,25H,1H3,(H,27,28). The molecule has 0 amide bonds. The summed E-state index contributed by atoms with van der Waals surface area (Å²) in [4.78, 5) is 29.2. The lowest BCUT2D eigenvalue weighted by Crippen LogP contribution is -2.15. The number of pyridine rings is 1. The average molecular weight is 373 g/mol. The molecule has 2 heterocycles. The molecular weight excluding hydrogens is 358 g/mol. The SMILES string of the molecule is Cc1c(C(=O)c2ccccc2O)c(C(=O)O)nc2c1cnn2-c1ccccc1. The Hall–Kier alpha value is -4.00. The second-order valence-electron chi connectivity index (χ2n) is 6.24. The Kier molecular flexibility index (Phi) is 4.12. The van der Waals surface area contributed by atoms with E-state index >= 15 is 0 Å². The van der Waals surface area contributed by atoms with Gasteiger partial charge in [0.2, 0.25) is 0 Å². The zero-order valence-corrected chi connectivity index (χ0v) is 14.8. The highest BCUT2D eigenvalue weighted by Crippen LogP contribution is 2.29. The Bertz CT molecular complexity index is 1230. The molecule has 0 aliphatic carbocycles. The van der Waals surface area contributed by atoms with Crippen LogP contribution in [-0.2, 0) is 0 Å². The van der Waals surface area contributed by atoms with Gasteiger partial charge in [0.25, 0.3) is 0 Å². The van der Waals surface area contributed by atoms with E-state index in [-0.39, 0.29) is 22.6 Å². The molecule has 2 aromatic carbocycles. The Balaban J connectivity index is 1.99. The van der Waals surface area contributed by atoms with Crippen molar-refractivity contribution >= 4 is 22.8 Å². The number of phenols is 1. The number of carbonyl (C=O) groups excluding carboxylic acids is 1. The molecule has 0 saturated carbocycles. The fourth-order valence-electron chi connectivity index (χ4n) is 3.18. The Morgan fingerprint density at radius 1 is 1.00 bits per heavy atom. The highest BCUT2D eigenvalue weighted by atomic mass is 16.4. The first-order valence-electron chi connectivity index (χ1n) is 8.48. The number of rotatable bonds is 4. The number of aromatic carboxylic acids is 1. The molecule has 0 bridgehead atoms. The van der Waals surface area contributed by atoms with Gasteiger partial charge in [-0.05, 0) is 36.8 Å². The number of aryl methyl sites for hydroxylation is 1. The van der Waals surface area contributed by atoms with Crippen molar-refractivity contribution in [1.29, 1.82) is 0 Å². The monoisotopic (exact) mass is 373 g/mol. The summed E-state index contributed by atoms with van der Waals surface area (Å²) in [6.45, 7) is 1.65. The van der Waals surface area contributed by atoms with Gasteiger partial charge < -0.3 is 10.2 Å². The summed E-state index contributed by atoms with van der Waals surface area (Å²) in [6, 6.07) is 15.2. The Morgan fingerprint density at radius 3 is 2.36 bits per heavy atom. The number of phenolic OH excluding ortho intramolecular Hbond substituents is 1. The summed E-state index contributed by atoms with van der Waals surface area (Å²) < 4.78 is 1.53. The summed E-state index contributed by atoms with van der Waals surface area (Å²) in [5.74, 6) is -2.15. The van der Waals surface area contributed by atoms with Gasteiger partial charge in [0.1, 0.15) is 5.75 Å². The van der Waals surface area contributed by atoms with Gasteiger partial charge in [-0.25, -0.2) is 14.5 Å².